The number of aromatic hydroxyl groups is 1. The lowest BCUT2D eigenvalue weighted by atomic mass is 9.95. The van der Waals surface area contributed by atoms with Crippen molar-refractivity contribution in [3.8, 4) is 11.5 Å². The van der Waals surface area contributed by atoms with Crippen LogP contribution in [0.25, 0.3) is 6.08 Å². The Balaban J connectivity index is 1.60. The van der Waals surface area contributed by atoms with Gasteiger partial charge in [-0.15, -0.1) is 0 Å². The Morgan fingerprint density at radius 3 is 1.89 bits per heavy atom. The number of nitrogens with one attached hydrogen (secondary N) is 6. The number of aliphatic carboxylic acids is 1. The fourth-order valence-corrected chi connectivity index (χ4v) is 6.24. The predicted octanol–water partition coefficient (Wildman–Crippen LogP) is -0.0916. The summed E-state index contributed by atoms with van der Waals surface area (Å²) in [5, 5.41) is 54.3. The third kappa shape index (κ3) is 18.4. The molecule has 3 rings (SSSR count). The van der Waals surface area contributed by atoms with Crippen LogP contribution in [-0.4, -0.2) is 125 Å². The number of rotatable bonds is 26. The minimum atomic E-state index is -1.67. The number of ether oxygens (including phenoxy) is 1. The molecule has 0 aliphatic heterocycles. The number of nitrogens with two attached hydrogens (primary N) is 1. The first-order valence-electron chi connectivity index (χ1n) is 21.0. The number of aliphatic hydroxyl groups is 2. The Kier molecular flexibility index (Phi) is 21.6. The number of hydrogen-bond acceptors (Lipinski definition) is 12. The fraction of sp³-hybridized carbons (Fsp3) is 0.413. The van der Waals surface area contributed by atoms with Crippen molar-refractivity contribution in [1.82, 2.24) is 31.9 Å². The van der Waals surface area contributed by atoms with E-state index in [-0.39, 0.29) is 37.5 Å². The van der Waals surface area contributed by atoms with E-state index in [4.69, 9.17) is 10.5 Å². The van der Waals surface area contributed by atoms with Crippen LogP contribution in [-0.2, 0) is 46.4 Å². The summed E-state index contributed by atoms with van der Waals surface area (Å²) in [6.07, 6.45) is 2.59. The van der Waals surface area contributed by atoms with Gasteiger partial charge in [-0.2, -0.15) is 0 Å². The second-order valence-corrected chi connectivity index (χ2v) is 15.7. The normalized spacial score (nSPS) is 14.8. The molecule has 3 aromatic carbocycles. The summed E-state index contributed by atoms with van der Waals surface area (Å²) in [4.78, 5) is 90.8. The number of amides is 6. The average molecular weight is 904 g/mol. The molecule has 0 saturated heterocycles. The largest absolute Gasteiger partial charge is 0.508 e. The third-order valence-electron chi connectivity index (χ3n) is 10.4. The summed E-state index contributed by atoms with van der Waals surface area (Å²) < 4.78 is 5.19. The summed E-state index contributed by atoms with van der Waals surface area (Å²) in [7, 11) is 1.47. The Morgan fingerprint density at radius 1 is 0.708 bits per heavy atom. The Bertz CT molecular complexity index is 2070. The van der Waals surface area contributed by atoms with Crippen molar-refractivity contribution in [2.24, 2.45) is 17.6 Å². The number of phenols is 1. The first-order chi connectivity index (χ1) is 30.9. The summed E-state index contributed by atoms with van der Waals surface area (Å²) in [5.74, 6) is -6.60. The van der Waals surface area contributed by atoms with Crippen molar-refractivity contribution in [3.63, 3.8) is 0 Å². The molecule has 0 spiro atoms. The molecule has 12 N–H and O–H groups in total. The van der Waals surface area contributed by atoms with E-state index in [1.807, 2.05) is 49.4 Å². The number of methoxy groups -OCH3 is 1. The summed E-state index contributed by atoms with van der Waals surface area (Å²) in [6.45, 7) is 2.89. The lowest BCUT2D eigenvalue weighted by Gasteiger charge is -2.26. The second-order valence-electron chi connectivity index (χ2n) is 15.7. The highest BCUT2D eigenvalue weighted by Gasteiger charge is 2.33. The van der Waals surface area contributed by atoms with E-state index >= 15 is 0 Å². The highest BCUT2D eigenvalue weighted by Crippen LogP contribution is 2.15. The van der Waals surface area contributed by atoms with Crippen LogP contribution < -0.4 is 42.4 Å². The van der Waals surface area contributed by atoms with Crippen molar-refractivity contribution >= 4 is 47.5 Å². The zero-order chi connectivity index (χ0) is 48.1. The Labute approximate surface area is 377 Å². The number of hydrogen-bond donors (Lipinski definition) is 11. The van der Waals surface area contributed by atoms with Crippen LogP contribution in [0.1, 0.15) is 50.3 Å². The zero-order valence-electron chi connectivity index (χ0n) is 36.9. The van der Waals surface area contributed by atoms with Crippen molar-refractivity contribution in [2.45, 2.75) is 82.8 Å². The maximum atomic E-state index is 13.6. The van der Waals surface area contributed by atoms with Crippen LogP contribution in [0.3, 0.4) is 0 Å². The molecule has 8 atom stereocenters. The van der Waals surface area contributed by atoms with E-state index in [1.54, 1.807) is 24.3 Å². The molecule has 352 valence electrons. The van der Waals surface area contributed by atoms with Crippen LogP contribution >= 0.6 is 0 Å². The van der Waals surface area contributed by atoms with E-state index in [1.165, 1.54) is 45.2 Å². The lowest BCUT2D eigenvalue weighted by Crippen LogP contribution is -2.60. The van der Waals surface area contributed by atoms with Crippen molar-refractivity contribution in [1.29, 1.82) is 0 Å². The number of allylic oxidation sites excluding steroid dienone is 1. The number of carboxylic acids is 1. The van der Waals surface area contributed by atoms with E-state index in [0.717, 1.165) is 5.56 Å². The molecule has 0 aliphatic carbocycles. The molecule has 0 radical (unpaired) electrons. The molecule has 0 bridgehead atoms. The molecular formula is C46H61N7O12. The molecule has 0 aromatic heterocycles. The highest BCUT2D eigenvalue weighted by atomic mass is 16.5. The summed E-state index contributed by atoms with van der Waals surface area (Å²) >= 11 is 0. The maximum absolute atomic E-state index is 13.6. The molecule has 19 nitrogen and oxygen atoms in total. The fourth-order valence-electron chi connectivity index (χ4n) is 6.24. The van der Waals surface area contributed by atoms with Gasteiger partial charge >= 0.3 is 5.97 Å². The number of carbonyl (C=O) groups excluding carboxylic acids is 6. The van der Waals surface area contributed by atoms with Crippen LogP contribution in [0.5, 0.6) is 11.5 Å². The standard InChI is InChI=1S/C46H61N7O12/c1-27(9-8-12-30-10-6-5-7-11-30)35(47)23-39(57)50-38(26-54)44(61)53-41(29(3)55)45(62)51-36(21-32-15-19-34(65-4)20-16-32)43(60)49-25-40(58)48-24-28(2)42(59)52-37(46(63)64)22-31-13-17-33(56)18-14-31/h5-8,10-20,27-29,35-38,41,54-56H,9,21-26,47H2,1-4H3,(H,48,58)(H,49,60)(H,50,57)(H,51,62)(H,52,59)(H,53,61)(H,63,64). The van der Waals surface area contributed by atoms with Gasteiger partial charge in [-0.05, 0) is 60.2 Å². The molecule has 0 heterocycles. The third-order valence-corrected chi connectivity index (χ3v) is 10.4. The van der Waals surface area contributed by atoms with Gasteiger partial charge in [0.2, 0.25) is 35.4 Å². The minimum Gasteiger partial charge on any atom is -0.508 e. The van der Waals surface area contributed by atoms with Crippen LogP contribution in [0, 0.1) is 11.8 Å². The van der Waals surface area contributed by atoms with Gasteiger partial charge in [0.25, 0.3) is 0 Å². The van der Waals surface area contributed by atoms with Crippen molar-refractivity contribution < 1.29 is 58.7 Å². The molecule has 3 aromatic rings. The summed E-state index contributed by atoms with van der Waals surface area (Å²) in [5.41, 5.74) is 8.40. The number of benzene rings is 3. The SMILES string of the molecule is COc1ccc(CC(NC(=O)C(NC(=O)C(CO)NC(=O)CC(N)C(C)CC=Cc2ccccc2)C(C)O)C(=O)NCC(=O)NCC(C)C(=O)NC(Cc2ccc(O)cc2)C(=O)O)cc1. The zero-order valence-corrected chi connectivity index (χ0v) is 36.9. The van der Waals surface area contributed by atoms with Crippen LogP contribution in [0.4, 0.5) is 0 Å². The number of phenolic OH excluding ortho intramolecular Hbond substituents is 1. The van der Waals surface area contributed by atoms with Gasteiger partial charge in [-0.3, -0.25) is 28.8 Å². The minimum absolute atomic E-state index is 0.00225. The predicted molar refractivity (Wildman–Crippen MR) is 240 cm³/mol. The molecule has 8 unspecified atom stereocenters. The molecule has 0 fully saturated rings. The quantitative estimate of drug-likeness (QED) is 0.0503. The van der Waals surface area contributed by atoms with E-state index < -0.39 is 96.8 Å². The topological polar surface area (TPSA) is 308 Å². The van der Waals surface area contributed by atoms with Gasteiger partial charge in [0.15, 0.2) is 0 Å². The van der Waals surface area contributed by atoms with Crippen molar-refractivity contribution in [3.05, 3.63) is 102 Å². The van der Waals surface area contributed by atoms with Gasteiger partial charge in [0.05, 0.1) is 32.3 Å². The molecule has 65 heavy (non-hydrogen) atoms. The van der Waals surface area contributed by atoms with Gasteiger partial charge in [-0.1, -0.05) is 80.6 Å². The molecule has 0 aliphatic rings. The number of carboxylic acid groups (broad SMARTS) is 1. The average Bonchev–Trinajstić information content (AvgIpc) is 3.28. The molecule has 0 saturated carbocycles. The second kappa shape index (κ2) is 26.7. The van der Waals surface area contributed by atoms with Gasteiger partial charge in [0, 0.05) is 31.8 Å². The smallest absolute Gasteiger partial charge is 0.326 e. The molecule has 6 amide bonds. The Hall–Kier alpha value is -6.83. The maximum Gasteiger partial charge on any atom is 0.326 e. The van der Waals surface area contributed by atoms with Crippen LogP contribution in [0.2, 0.25) is 0 Å². The lowest BCUT2D eigenvalue weighted by molar-refractivity contribution is -0.142. The first kappa shape index (κ1) is 52.5. The summed E-state index contributed by atoms with van der Waals surface area (Å²) in [6, 6.07) is 15.6. The van der Waals surface area contributed by atoms with Crippen molar-refractivity contribution in [2.75, 3.05) is 26.8 Å². The van der Waals surface area contributed by atoms with E-state index in [9.17, 15) is 54.0 Å². The molecule has 19 heteroatoms. The Morgan fingerprint density at radius 2 is 1.31 bits per heavy atom. The number of carbonyl (C=O) groups is 7. The van der Waals surface area contributed by atoms with E-state index in [0.29, 0.717) is 23.3 Å². The van der Waals surface area contributed by atoms with E-state index in [2.05, 4.69) is 31.9 Å². The first-order valence-corrected chi connectivity index (χ1v) is 21.0. The monoisotopic (exact) mass is 903 g/mol. The van der Waals surface area contributed by atoms with Crippen LogP contribution in [0.15, 0.2) is 84.9 Å². The molecular weight excluding hydrogens is 843 g/mol. The van der Waals surface area contributed by atoms with Gasteiger partial charge in [0.1, 0.15) is 35.7 Å². The number of aliphatic hydroxyl groups excluding tert-OH is 2. The highest BCUT2D eigenvalue weighted by molar-refractivity contribution is 5.95. The van der Waals surface area contributed by atoms with Gasteiger partial charge < -0.3 is 62.8 Å². The van der Waals surface area contributed by atoms with Gasteiger partial charge in [-0.25, -0.2) is 4.79 Å².